The average molecular weight is 316 g/mol. The molecule has 0 unspecified atom stereocenters. The normalized spacial score (nSPS) is 68.3. The van der Waals surface area contributed by atoms with Crippen LogP contribution in [-0.4, -0.2) is 28.7 Å². The van der Waals surface area contributed by atoms with Gasteiger partial charge in [0.25, 0.3) is 0 Å². The molecule has 0 aromatic rings. The first-order valence-corrected chi connectivity index (χ1v) is 9.72. The monoisotopic (exact) mass is 316 g/mol. The Kier molecular flexibility index (Phi) is 2.07. The molecule has 2 aliphatic heterocycles. The van der Waals surface area contributed by atoms with E-state index in [-0.39, 0.29) is 16.4 Å². The van der Waals surface area contributed by atoms with Crippen molar-refractivity contribution in [1.82, 2.24) is 0 Å². The average Bonchev–Trinajstić information content (AvgIpc) is 2.93. The molecule has 7 fully saturated rings. The maximum atomic E-state index is 12.7. The van der Waals surface area contributed by atoms with Gasteiger partial charge in [-0.25, -0.2) is 0 Å². The molecule has 8 atom stereocenters. The highest BCUT2D eigenvalue weighted by Crippen LogP contribution is 2.81. The number of carbonyl (C=O) groups is 1. The number of ketones is 1. The molecule has 0 aromatic heterocycles. The molecule has 5 saturated carbocycles. The Balaban J connectivity index is 1.48. The molecule has 3 spiro atoms. The van der Waals surface area contributed by atoms with Crippen LogP contribution in [0.2, 0.25) is 0 Å². The third kappa shape index (κ3) is 1.16. The summed E-state index contributed by atoms with van der Waals surface area (Å²) in [6.07, 6.45) is 9.20. The van der Waals surface area contributed by atoms with Gasteiger partial charge in [-0.15, -0.1) is 0 Å². The van der Waals surface area contributed by atoms with Crippen LogP contribution in [0.4, 0.5) is 0 Å². The predicted octanol–water partition coefficient (Wildman–Crippen LogP) is 3.09. The number of carbonyl (C=O) groups excluding carboxylic acids is 1. The second-order valence-electron chi connectivity index (χ2n) is 10.4. The van der Waals surface area contributed by atoms with Gasteiger partial charge in [-0.1, -0.05) is 0 Å². The van der Waals surface area contributed by atoms with Gasteiger partial charge in [0.2, 0.25) is 0 Å². The van der Waals surface area contributed by atoms with Crippen molar-refractivity contribution < 1.29 is 14.6 Å². The lowest BCUT2D eigenvalue weighted by Crippen LogP contribution is -2.63. The molecule has 0 radical (unpaired) electrons. The van der Waals surface area contributed by atoms with Gasteiger partial charge < -0.3 is 9.84 Å². The molecule has 2 heterocycles. The Morgan fingerprint density at radius 1 is 1.09 bits per heavy atom. The van der Waals surface area contributed by atoms with E-state index in [1.165, 1.54) is 38.5 Å². The van der Waals surface area contributed by atoms with Crippen molar-refractivity contribution in [3.05, 3.63) is 0 Å². The second-order valence-corrected chi connectivity index (χ2v) is 10.4. The fourth-order valence-electron chi connectivity index (χ4n) is 9.02. The summed E-state index contributed by atoms with van der Waals surface area (Å²) < 4.78 is 6.31. The number of hydrogen-bond acceptors (Lipinski definition) is 3. The second kappa shape index (κ2) is 3.44. The first-order valence-electron chi connectivity index (χ1n) is 9.72. The van der Waals surface area contributed by atoms with Crippen molar-refractivity contribution in [3.63, 3.8) is 0 Å². The zero-order valence-electron chi connectivity index (χ0n) is 14.4. The van der Waals surface area contributed by atoms with Crippen LogP contribution in [0, 0.1) is 34.0 Å². The molecule has 3 nitrogen and oxygen atoms in total. The van der Waals surface area contributed by atoms with Gasteiger partial charge in [-0.3, -0.25) is 4.79 Å². The van der Waals surface area contributed by atoms with E-state index in [0.717, 1.165) is 19.4 Å². The molecule has 23 heavy (non-hydrogen) atoms. The largest absolute Gasteiger partial charge is 0.390 e. The summed E-state index contributed by atoms with van der Waals surface area (Å²) in [7, 11) is 0. The van der Waals surface area contributed by atoms with E-state index in [9.17, 15) is 9.90 Å². The van der Waals surface area contributed by atoms with Crippen LogP contribution in [0.3, 0.4) is 0 Å². The summed E-state index contributed by atoms with van der Waals surface area (Å²) >= 11 is 0. The van der Waals surface area contributed by atoms with Gasteiger partial charge in [0.15, 0.2) is 5.78 Å². The molecule has 0 aromatic carbocycles. The minimum Gasteiger partial charge on any atom is -0.390 e. The first kappa shape index (κ1) is 13.8. The quantitative estimate of drug-likeness (QED) is 0.747. The number of Topliss-reactive ketones (excluding diaryl/α,β-unsaturated/α-hetero) is 1. The number of ether oxygens (including phenoxy) is 1. The molecule has 1 N–H and O–H groups in total. The van der Waals surface area contributed by atoms with Crippen LogP contribution in [0.1, 0.15) is 65.2 Å². The summed E-state index contributed by atoms with van der Waals surface area (Å²) in [4.78, 5) is 12.7. The van der Waals surface area contributed by atoms with E-state index < -0.39 is 5.60 Å². The van der Waals surface area contributed by atoms with Gasteiger partial charge in [0, 0.05) is 5.41 Å². The fraction of sp³-hybridized carbons (Fsp3) is 0.950. The molecule has 2 saturated heterocycles. The Bertz CT molecular complexity index is 629. The summed E-state index contributed by atoms with van der Waals surface area (Å²) in [6, 6.07) is 0. The van der Waals surface area contributed by atoms with Crippen LogP contribution >= 0.6 is 0 Å². The Morgan fingerprint density at radius 3 is 2.65 bits per heavy atom. The third-order valence-electron chi connectivity index (χ3n) is 9.95. The number of aliphatic hydroxyl groups is 1. The van der Waals surface area contributed by atoms with E-state index in [2.05, 4.69) is 13.8 Å². The highest BCUT2D eigenvalue weighted by Gasteiger charge is 2.87. The van der Waals surface area contributed by atoms with Gasteiger partial charge in [-0.2, -0.15) is 0 Å². The minimum atomic E-state index is -0.467. The van der Waals surface area contributed by atoms with Crippen molar-refractivity contribution in [2.45, 2.75) is 76.4 Å². The smallest absolute Gasteiger partial charge is 0.175 e. The summed E-state index contributed by atoms with van der Waals surface area (Å²) in [5.41, 5.74) is -0.471. The maximum absolute atomic E-state index is 12.7. The van der Waals surface area contributed by atoms with Crippen LogP contribution in [0.5, 0.6) is 0 Å². The Hall–Kier alpha value is -0.410. The highest BCUT2D eigenvalue weighted by atomic mass is 16.5. The van der Waals surface area contributed by atoms with Crippen LogP contribution < -0.4 is 0 Å². The van der Waals surface area contributed by atoms with E-state index >= 15 is 0 Å². The summed E-state index contributed by atoms with van der Waals surface area (Å²) in [5, 5.41) is 10.9. The lowest BCUT2D eigenvalue weighted by atomic mass is 9.42. The number of rotatable bonds is 0. The summed E-state index contributed by atoms with van der Waals surface area (Å²) in [6.45, 7) is 5.10. The zero-order valence-corrected chi connectivity index (χ0v) is 14.4. The first-order chi connectivity index (χ1) is 10.8. The van der Waals surface area contributed by atoms with Crippen LogP contribution in [0.15, 0.2) is 0 Å². The molecular formula is C20H28O3. The number of fused-ring (bicyclic) bond motifs is 3. The van der Waals surface area contributed by atoms with Crippen molar-refractivity contribution in [1.29, 1.82) is 0 Å². The lowest BCUT2D eigenvalue weighted by Gasteiger charge is -2.65. The number of hydrogen-bond donors (Lipinski definition) is 1. The van der Waals surface area contributed by atoms with E-state index in [1.54, 1.807) is 0 Å². The standard InChI is InChI=1S/C20H28O3/c1-16(22)10-18-6-5-13-17(2)15(21)20(17)8-7-19(13,11-23-20)14(18)4-3-12(16)9-18/h12-14,22H,3-11H2,1-2H3/t12-,13-,14-,16-,17-,18+,19+,20+/m1/s1. The summed E-state index contributed by atoms with van der Waals surface area (Å²) in [5.74, 6) is 2.12. The Labute approximate surface area is 138 Å². The van der Waals surface area contributed by atoms with Gasteiger partial charge in [0.05, 0.1) is 17.6 Å². The van der Waals surface area contributed by atoms with Crippen LogP contribution in [-0.2, 0) is 9.53 Å². The molecule has 7 rings (SSSR count). The molecule has 126 valence electrons. The fourth-order valence-corrected chi connectivity index (χ4v) is 9.02. The SMILES string of the molecule is C[C@@]12C(=O)[C@@]13CC[C@@]1(CO3)[C@@H]3CC[C@@H]4C[C@@]3(CC[C@@H]12)C[C@@]4(C)O. The van der Waals surface area contributed by atoms with Gasteiger partial charge in [0.1, 0.15) is 5.60 Å². The molecule has 7 aliphatic rings. The van der Waals surface area contributed by atoms with Crippen LogP contribution in [0.25, 0.3) is 0 Å². The lowest BCUT2D eigenvalue weighted by molar-refractivity contribution is -0.248. The van der Waals surface area contributed by atoms with Gasteiger partial charge >= 0.3 is 0 Å². The van der Waals surface area contributed by atoms with Crippen molar-refractivity contribution in [2.24, 2.45) is 34.0 Å². The molecular weight excluding hydrogens is 288 g/mol. The molecule has 4 bridgehead atoms. The van der Waals surface area contributed by atoms with E-state index in [1.807, 2.05) is 0 Å². The molecule has 3 heteroatoms. The molecule has 5 aliphatic carbocycles. The molecule has 0 amide bonds. The maximum Gasteiger partial charge on any atom is 0.175 e. The minimum absolute atomic E-state index is 0.177. The van der Waals surface area contributed by atoms with E-state index in [4.69, 9.17) is 4.74 Å². The van der Waals surface area contributed by atoms with Crippen molar-refractivity contribution in [2.75, 3.05) is 6.61 Å². The third-order valence-corrected chi connectivity index (χ3v) is 9.95. The van der Waals surface area contributed by atoms with Crippen molar-refractivity contribution >= 4 is 5.78 Å². The topological polar surface area (TPSA) is 46.5 Å². The van der Waals surface area contributed by atoms with Crippen molar-refractivity contribution in [3.8, 4) is 0 Å². The highest BCUT2D eigenvalue weighted by molar-refractivity contribution is 6.12. The zero-order chi connectivity index (χ0) is 15.9. The predicted molar refractivity (Wildman–Crippen MR) is 84.7 cm³/mol. The van der Waals surface area contributed by atoms with E-state index in [0.29, 0.717) is 29.0 Å². The van der Waals surface area contributed by atoms with Gasteiger partial charge in [-0.05, 0) is 88.4 Å². The Morgan fingerprint density at radius 2 is 1.91 bits per heavy atom.